The summed E-state index contributed by atoms with van der Waals surface area (Å²) < 4.78 is 1.22. The second-order valence-electron chi connectivity index (χ2n) is 4.96. The van der Waals surface area contributed by atoms with Crippen LogP contribution in [0.15, 0.2) is 27.1 Å². The molecule has 0 fully saturated rings. The summed E-state index contributed by atoms with van der Waals surface area (Å²) in [7, 11) is 1.52. The molecule has 4 N–H and O–H groups in total. The van der Waals surface area contributed by atoms with E-state index in [4.69, 9.17) is 5.73 Å². The van der Waals surface area contributed by atoms with Gasteiger partial charge in [0.15, 0.2) is 0 Å². The quantitative estimate of drug-likeness (QED) is 0.797. The molecule has 0 saturated carbocycles. The monoisotopic (exact) mass is 294 g/mol. The van der Waals surface area contributed by atoms with E-state index in [0.29, 0.717) is 0 Å². The number of H-pyrrole nitrogens is 1. The highest BCUT2D eigenvalue weighted by molar-refractivity contribution is 7.10. The van der Waals surface area contributed by atoms with Gasteiger partial charge < -0.3 is 11.1 Å². The van der Waals surface area contributed by atoms with Crippen LogP contribution in [0.1, 0.15) is 24.8 Å². The lowest BCUT2D eigenvalue weighted by atomic mass is 10.0. The second kappa shape index (κ2) is 5.54. The Morgan fingerprint density at radius 2 is 2.10 bits per heavy atom. The van der Waals surface area contributed by atoms with Gasteiger partial charge in [0.2, 0.25) is 0 Å². The van der Waals surface area contributed by atoms with Gasteiger partial charge in [-0.1, -0.05) is 19.9 Å². The molecule has 0 amide bonds. The molecule has 20 heavy (non-hydrogen) atoms. The Balaban J connectivity index is 2.45. The molecular formula is C13H18N4O2S. The molecule has 2 aromatic heterocycles. The number of nitrogens with one attached hydrogen (secondary N) is 2. The molecule has 0 aliphatic rings. The number of nitrogen functional groups attached to an aromatic ring is 1. The summed E-state index contributed by atoms with van der Waals surface area (Å²) >= 11 is 1.61. The van der Waals surface area contributed by atoms with Crippen molar-refractivity contribution in [1.29, 1.82) is 0 Å². The number of rotatable bonds is 4. The van der Waals surface area contributed by atoms with Crippen LogP contribution in [0.2, 0.25) is 0 Å². The summed E-state index contributed by atoms with van der Waals surface area (Å²) in [5, 5.41) is 5.15. The third-order valence-electron chi connectivity index (χ3n) is 3.19. The van der Waals surface area contributed by atoms with Gasteiger partial charge in [0, 0.05) is 11.9 Å². The zero-order valence-corrected chi connectivity index (χ0v) is 12.5. The zero-order valence-electron chi connectivity index (χ0n) is 11.6. The fourth-order valence-electron chi connectivity index (χ4n) is 1.97. The minimum Gasteiger partial charge on any atom is -0.383 e. The zero-order chi connectivity index (χ0) is 14.9. The van der Waals surface area contributed by atoms with Gasteiger partial charge in [0.05, 0.1) is 6.04 Å². The van der Waals surface area contributed by atoms with Gasteiger partial charge in [0.25, 0.3) is 5.56 Å². The third-order valence-corrected chi connectivity index (χ3v) is 4.14. The number of nitrogens with zero attached hydrogens (tertiary/aromatic N) is 1. The number of thiophene rings is 1. The summed E-state index contributed by atoms with van der Waals surface area (Å²) in [6, 6.07) is 3.94. The van der Waals surface area contributed by atoms with E-state index in [1.807, 2.05) is 17.5 Å². The Bertz CT molecular complexity index is 700. The first kappa shape index (κ1) is 14.4. The van der Waals surface area contributed by atoms with Crippen molar-refractivity contribution in [2.75, 3.05) is 11.1 Å². The van der Waals surface area contributed by atoms with E-state index >= 15 is 0 Å². The largest absolute Gasteiger partial charge is 0.383 e. The first-order valence-electron chi connectivity index (χ1n) is 6.30. The van der Waals surface area contributed by atoms with Crippen LogP contribution in [-0.4, -0.2) is 9.55 Å². The lowest BCUT2D eigenvalue weighted by Gasteiger charge is -2.23. The molecule has 108 valence electrons. The van der Waals surface area contributed by atoms with Crippen molar-refractivity contribution in [1.82, 2.24) is 9.55 Å². The molecule has 7 heteroatoms. The van der Waals surface area contributed by atoms with E-state index in [1.54, 1.807) is 11.3 Å². The molecule has 0 radical (unpaired) electrons. The molecule has 2 rings (SSSR count). The van der Waals surface area contributed by atoms with E-state index in [0.717, 1.165) is 4.88 Å². The second-order valence-corrected chi connectivity index (χ2v) is 5.94. The van der Waals surface area contributed by atoms with Gasteiger partial charge in [0.1, 0.15) is 11.5 Å². The van der Waals surface area contributed by atoms with Crippen LogP contribution in [-0.2, 0) is 7.05 Å². The van der Waals surface area contributed by atoms with Crippen LogP contribution in [0.3, 0.4) is 0 Å². The molecule has 0 saturated heterocycles. The van der Waals surface area contributed by atoms with Crippen molar-refractivity contribution in [3.8, 4) is 0 Å². The Labute approximate surface area is 120 Å². The summed E-state index contributed by atoms with van der Waals surface area (Å²) in [6.07, 6.45) is 0. The molecule has 0 bridgehead atoms. The van der Waals surface area contributed by atoms with Gasteiger partial charge in [-0.15, -0.1) is 11.3 Å². The topological polar surface area (TPSA) is 92.9 Å². The van der Waals surface area contributed by atoms with E-state index in [-0.39, 0.29) is 23.5 Å². The average molecular weight is 294 g/mol. The number of nitrogens with two attached hydrogens (primary N) is 1. The number of hydrogen-bond donors (Lipinski definition) is 3. The molecule has 1 atom stereocenters. The average Bonchev–Trinajstić information content (AvgIpc) is 2.89. The van der Waals surface area contributed by atoms with Crippen LogP contribution in [0.4, 0.5) is 11.5 Å². The van der Waals surface area contributed by atoms with Crippen LogP contribution >= 0.6 is 11.3 Å². The molecule has 2 heterocycles. The van der Waals surface area contributed by atoms with Gasteiger partial charge in [-0.05, 0) is 17.4 Å². The molecule has 0 spiro atoms. The maximum absolute atomic E-state index is 11.9. The van der Waals surface area contributed by atoms with Gasteiger partial charge in [-0.2, -0.15) is 0 Å². The van der Waals surface area contributed by atoms with Gasteiger partial charge in [-0.3, -0.25) is 14.3 Å². The molecule has 2 aromatic rings. The Morgan fingerprint density at radius 1 is 1.40 bits per heavy atom. The highest BCUT2D eigenvalue weighted by atomic mass is 32.1. The van der Waals surface area contributed by atoms with E-state index < -0.39 is 11.2 Å². The molecule has 0 aliphatic heterocycles. The molecule has 1 unspecified atom stereocenters. The summed E-state index contributed by atoms with van der Waals surface area (Å²) in [5.74, 6) is 0.408. The third kappa shape index (κ3) is 2.62. The van der Waals surface area contributed by atoms with Crippen LogP contribution in [0.25, 0.3) is 0 Å². The van der Waals surface area contributed by atoms with Crippen molar-refractivity contribution < 1.29 is 0 Å². The Kier molecular flexibility index (Phi) is 3.99. The lowest BCUT2D eigenvalue weighted by molar-refractivity contribution is 0.552. The fourth-order valence-corrected chi connectivity index (χ4v) is 2.92. The maximum Gasteiger partial charge on any atom is 0.329 e. The lowest BCUT2D eigenvalue weighted by Crippen LogP contribution is -2.33. The number of aromatic amines is 1. The van der Waals surface area contributed by atoms with Crippen molar-refractivity contribution >= 4 is 22.8 Å². The van der Waals surface area contributed by atoms with Crippen molar-refractivity contribution in [3.05, 3.63) is 43.2 Å². The summed E-state index contributed by atoms with van der Waals surface area (Å²) in [4.78, 5) is 26.8. The van der Waals surface area contributed by atoms with Gasteiger partial charge >= 0.3 is 5.69 Å². The highest BCUT2D eigenvalue weighted by Crippen LogP contribution is 2.29. The minimum atomic E-state index is -0.518. The Morgan fingerprint density at radius 3 is 2.65 bits per heavy atom. The smallest absolute Gasteiger partial charge is 0.329 e. The normalized spacial score (nSPS) is 12.6. The molecular weight excluding hydrogens is 276 g/mol. The first-order valence-corrected chi connectivity index (χ1v) is 7.18. The van der Waals surface area contributed by atoms with Crippen molar-refractivity contribution in [2.24, 2.45) is 13.0 Å². The summed E-state index contributed by atoms with van der Waals surface area (Å²) in [6.45, 7) is 4.12. The highest BCUT2D eigenvalue weighted by Gasteiger charge is 2.20. The van der Waals surface area contributed by atoms with E-state index in [2.05, 4.69) is 24.1 Å². The fraction of sp³-hybridized carbons (Fsp3) is 0.385. The van der Waals surface area contributed by atoms with Crippen molar-refractivity contribution in [2.45, 2.75) is 19.9 Å². The van der Waals surface area contributed by atoms with Crippen LogP contribution in [0, 0.1) is 5.92 Å². The predicted octanol–water partition coefficient (Wildman–Crippen LogP) is 1.53. The molecule has 0 aliphatic carbocycles. The predicted molar refractivity (Wildman–Crippen MR) is 82.2 cm³/mol. The summed E-state index contributed by atoms with van der Waals surface area (Å²) in [5.41, 5.74) is 5.09. The minimum absolute atomic E-state index is 0.0316. The van der Waals surface area contributed by atoms with Gasteiger partial charge in [-0.25, -0.2) is 4.79 Å². The molecule has 6 nitrogen and oxygen atoms in total. The van der Waals surface area contributed by atoms with Crippen LogP contribution in [0.5, 0.6) is 0 Å². The van der Waals surface area contributed by atoms with E-state index in [1.165, 1.54) is 11.6 Å². The first-order chi connectivity index (χ1) is 9.41. The number of anilines is 2. The van der Waals surface area contributed by atoms with Crippen molar-refractivity contribution in [3.63, 3.8) is 0 Å². The Hall–Kier alpha value is -2.02. The number of aromatic nitrogens is 2. The SMILES string of the molecule is CC(C)C(Nc1c(N)n(C)c(=O)[nH]c1=O)c1cccs1. The standard InChI is InChI=1S/C13H18N4O2S/c1-7(2)9(8-5-4-6-20-8)15-10-11(14)17(3)13(19)16-12(10)18/h4-7,9,15H,14H2,1-3H3,(H,16,18,19). The van der Waals surface area contributed by atoms with E-state index in [9.17, 15) is 9.59 Å². The molecule has 0 aromatic carbocycles. The number of hydrogen-bond acceptors (Lipinski definition) is 5. The maximum atomic E-state index is 11.9. The van der Waals surface area contributed by atoms with Crippen LogP contribution < -0.4 is 22.3 Å².